The smallest absolute Gasteiger partial charge is 0.162 e. The van der Waals surface area contributed by atoms with E-state index in [0.717, 1.165) is 22.8 Å². The van der Waals surface area contributed by atoms with E-state index in [1.165, 1.54) is 0 Å². The Hall–Kier alpha value is -0.960. The van der Waals surface area contributed by atoms with Crippen molar-refractivity contribution in [1.29, 1.82) is 0 Å². The van der Waals surface area contributed by atoms with Gasteiger partial charge in [0.1, 0.15) is 0 Å². The summed E-state index contributed by atoms with van der Waals surface area (Å²) in [6.07, 6.45) is 0.566. The van der Waals surface area contributed by atoms with Crippen LogP contribution in [0.2, 0.25) is 0 Å². The predicted octanol–water partition coefficient (Wildman–Crippen LogP) is 3.83. The van der Waals surface area contributed by atoms with Gasteiger partial charge in [-0.1, -0.05) is 13.8 Å². The number of carbonyl (C=O) groups excluding carboxylic acids is 1. The van der Waals surface area contributed by atoms with Crippen LogP contribution in [0.15, 0.2) is 24.3 Å². The number of hydrogen-bond acceptors (Lipinski definition) is 3. The van der Waals surface area contributed by atoms with Gasteiger partial charge in [-0.15, -0.1) is 0 Å². The van der Waals surface area contributed by atoms with E-state index in [-0.39, 0.29) is 5.78 Å². The van der Waals surface area contributed by atoms with Crippen LogP contribution in [-0.4, -0.2) is 23.3 Å². The number of thioether (sulfide) groups is 1. The van der Waals surface area contributed by atoms with Crippen LogP contribution in [0.4, 0.5) is 5.69 Å². The molecule has 94 valence electrons. The molecular formula is C14H21NOS. The van der Waals surface area contributed by atoms with Crippen molar-refractivity contribution in [3.63, 3.8) is 0 Å². The summed E-state index contributed by atoms with van der Waals surface area (Å²) in [6, 6.07) is 8.21. The minimum atomic E-state index is 0.200. The number of carbonyl (C=O) groups is 1. The van der Waals surface area contributed by atoms with E-state index in [0.29, 0.717) is 12.5 Å². The molecule has 0 aromatic heterocycles. The minimum Gasteiger partial charge on any atom is -0.382 e. The summed E-state index contributed by atoms with van der Waals surface area (Å²) in [5.74, 6) is 2.45. The molecule has 0 spiro atoms. The molecule has 1 aromatic rings. The molecule has 1 atom stereocenters. The van der Waals surface area contributed by atoms with Crippen LogP contribution in [0.3, 0.4) is 0 Å². The lowest BCUT2D eigenvalue weighted by atomic mass is 10.1. The van der Waals surface area contributed by atoms with E-state index in [4.69, 9.17) is 0 Å². The predicted molar refractivity (Wildman–Crippen MR) is 77.1 cm³/mol. The maximum Gasteiger partial charge on any atom is 0.162 e. The van der Waals surface area contributed by atoms with Gasteiger partial charge in [0, 0.05) is 29.5 Å². The molecule has 0 fully saturated rings. The van der Waals surface area contributed by atoms with Gasteiger partial charge in [0.15, 0.2) is 5.78 Å². The molecule has 1 N–H and O–H groups in total. The lowest BCUT2D eigenvalue weighted by molar-refractivity contribution is 0.0988. The first-order chi connectivity index (χ1) is 8.17. The van der Waals surface area contributed by atoms with E-state index in [1.807, 2.05) is 43.0 Å². The van der Waals surface area contributed by atoms with Crippen LogP contribution in [-0.2, 0) is 0 Å². The van der Waals surface area contributed by atoms with Gasteiger partial charge in [-0.3, -0.25) is 4.79 Å². The van der Waals surface area contributed by atoms with Gasteiger partial charge in [-0.05, 0) is 36.9 Å². The van der Waals surface area contributed by atoms with Crippen molar-refractivity contribution in [3.8, 4) is 0 Å². The molecule has 0 aliphatic carbocycles. The molecule has 0 saturated heterocycles. The standard InChI is InChI=1S/C14H21NOS/c1-4-14(16)12-6-8-13(9-7-12)15-11(3)10-17-5-2/h6-9,11,15H,4-5,10H2,1-3H3. The van der Waals surface area contributed by atoms with Crippen LogP contribution in [0, 0.1) is 0 Å². The van der Waals surface area contributed by atoms with Crippen LogP contribution in [0.5, 0.6) is 0 Å². The highest BCUT2D eigenvalue weighted by Gasteiger charge is 2.04. The van der Waals surface area contributed by atoms with Crippen molar-refractivity contribution in [2.45, 2.75) is 33.2 Å². The highest BCUT2D eigenvalue weighted by molar-refractivity contribution is 7.99. The highest BCUT2D eigenvalue weighted by Crippen LogP contribution is 2.13. The Labute approximate surface area is 108 Å². The molecule has 0 aliphatic heterocycles. The Kier molecular flexibility index (Phi) is 6.12. The number of ketones is 1. The third-order valence-corrected chi connectivity index (χ3v) is 3.66. The molecule has 3 heteroatoms. The number of hydrogen-bond donors (Lipinski definition) is 1. The molecular weight excluding hydrogens is 230 g/mol. The Balaban J connectivity index is 2.53. The molecule has 0 heterocycles. The SMILES string of the molecule is CCSCC(C)Nc1ccc(C(=O)CC)cc1. The second kappa shape index (κ2) is 7.38. The quantitative estimate of drug-likeness (QED) is 0.747. The lowest BCUT2D eigenvalue weighted by Crippen LogP contribution is -2.18. The Morgan fingerprint density at radius 3 is 2.47 bits per heavy atom. The summed E-state index contributed by atoms with van der Waals surface area (Å²) in [5.41, 5.74) is 1.88. The van der Waals surface area contributed by atoms with Gasteiger partial charge in [-0.2, -0.15) is 11.8 Å². The van der Waals surface area contributed by atoms with Crippen LogP contribution >= 0.6 is 11.8 Å². The molecule has 0 radical (unpaired) electrons. The number of Topliss-reactive ketones (excluding diaryl/α,β-unsaturated/α-hetero) is 1. The van der Waals surface area contributed by atoms with Crippen molar-refractivity contribution in [2.24, 2.45) is 0 Å². The Bertz CT molecular complexity index is 348. The van der Waals surface area contributed by atoms with Gasteiger partial charge >= 0.3 is 0 Å². The van der Waals surface area contributed by atoms with Crippen LogP contribution < -0.4 is 5.32 Å². The second-order valence-electron chi connectivity index (χ2n) is 4.06. The van der Waals surface area contributed by atoms with E-state index in [1.54, 1.807) is 0 Å². The monoisotopic (exact) mass is 251 g/mol. The summed E-state index contributed by atoms with van der Waals surface area (Å²) >= 11 is 1.93. The average Bonchev–Trinajstić information content (AvgIpc) is 2.36. The van der Waals surface area contributed by atoms with Crippen molar-refractivity contribution < 1.29 is 4.79 Å². The average molecular weight is 251 g/mol. The molecule has 1 aromatic carbocycles. The second-order valence-corrected chi connectivity index (χ2v) is 5.38. The molecule has 0 amide bonds. The maximum absolute atomic E-state index is 11.5. The van der Waals surface area contributed by atoms with Crippen LogP contribution in [0.25, 0.3) is 0 Å². The zero-order valence-electron chi connectivity index (χ0n) is 10.8. The van der Waals surface area contributed by atoms with E-state index in [2.05, 4.69) is 19.2 Å². The normalized spacial score (nSPS) is 12.2. The fourth-order valence-electron chi connectivity index (χ4n) is 1.58. The summed E-state index contributed by atoms with van der Waals surface area (Å²) < 4.78 is 0. The van der Waals surface area contributed by atoms with Gasteiger partial charge in [0.25, 0.3) is 0 Å². The largest absolute Gasteiger partial charge is 0.382 e. The third kappa shape index (κ3) is 4.82. The van der Waals surface area contributed by atoms with Gasteiger partial charge in [-0.25, -0.2) is 0 Å². The zero-order valence-corrected chi connectivity index (χ0v) is 11.6. The fraction of sp³-hybridized carbons (Fsp3) is 0.500. The molecule has 1 unspecified atom stereocenters. The van der Waals surface area contributed by atoms with Crippen molar-refractivity contribution in [2.75, 3.05) is 16.8 Å². The van der Waals surface area contributed by atoms with Gasteiger partial charge < -0.3 is 5.32 Å². The zero-order chi connectivity index (χ0) is 12.7. The van der Waals surface area contributed by atoms with Crippen molar-refractivity contribution in [1.82, 2.24) is 0 Å². The first kappa shape index (κ1) is 14.1. The summed E-state index contributed by atoms with van der Waals surface area (Å²) in [5, 5.41) is 3.43. The van der Waals surface area contributed by atoms with Gasteiger partial charge in [0.05, 0.1) is 0 Å². The number of anilines is 1. The number of rotatable bonds is 7. The molecule has 2 nitrogen and oxygen atoms in total. The first-order valence-corrected chi connectivity index (χ1v) is 7.30. The molecule has 1 rings (SSSR count). The number of benzene rings is 1. The van der Waals surface area contributed by atoms with Crippen molar-refractivity contribution in [3.05, 3.63) is 29.8 Å². The highest BCUT2D eigenvalue weighted by atomic mass is 32.2. The molecule has 17 heavy (non-hydrogen) atoms. The molecule has 0 saturated carbocycles. The van der Waals surface area contributed by atoms with E-state index in [9.17, 15) is 4.79 Å². The lowest BCUT2D eigenvalue weighted by Gasteiger charge is -2.14. The summed E-state index contributed by atoms with van der Waals surface area (Å²) in [6.45, 7) is 6.23. The van der Waals surface area contributed by atoms with E-state index >= 15 is 0 Å². The topological polar surface area (TPSA) is 29.1 Å². The molecule has 0 bridgehead atoms. The first-order valence-electron chi connectivity index (χ1n) is 6.14. The van der Waals surface area contributed by atoms with Crippen LogP contribution in [0.1, 0.15) is 37.6 Å². The third-order valence-electron chi connectivity index (χ3n) is 2.51. The van der Waals surface area contributed by atoms with E-state index < -0.39 is 0 Å². The molecule has 0 aliphatic rings. The minimum absolute atomic E-state index is 0.200. The number of nitrogens with one attached hydrogen (secondary N) is 1. The Morgan fingerprint density at radius 2 is 1.94 bits per heavy atom. The fourth-order valence-corrected chi connectivity index (χ4v) is 2.25. The van der Waals surface area contributed by atoms with Gasteiger partial charge in [0.2, 0.25) is 0 Å². The summed E-state index contributed by atoms with van der Waals surface area (Å²) in [7, 11) is 0. The Morgan fingerprint density at radius 1 is 1.29 bits per heavy atom. The maximum atomic E-state index is 11.5. The summed E-state index contributed by atoms with van der Waals surface area (Å²) in [4.78, 5) is 11.5. The van der Waals surface area contributed by atoms with Crippen molar-refractivity contribution >= 4 is 23.2 Å².